The molecule has 0 spiro atoms. The third-order valence-corrected chi connectivity index (χ3v) is 4.86. The minimum atomic E-state index is -0.335. The molecule has 0 bridgehead atoms. The number of aromatic amines is 1. The second-order valence-electron chi connectivity index (χ2n) is 6.68. The van der Waals surface area contributed by atoms with Crippen LogP contribution in [0.5, 0.6) is 0 Å². The first kappa shape index (κ1) is 18.0. The molecule has 1 amide bonds. The normalized spacial score (nSPS) is 12.2. The van der Waals surface area contributed by atoms with Crippen molar-refractivity contribution in [3.63, 3.8) is 0 Å². The highest BCUT2D eigenvalue weighted by Crippen LogP contribution is 2.21. The summed E-state index contributed by atoms with van der Waals surface area (Å²) in [7, 11) is 1.66. The van der Waals surface area contributed by atoms with Crippen molar-refractivity contribution in [3.05, 3.63) is 78.4 Å². The number of aromatic nitrogens is 2. The Hall–Kier alpha value is -3.38. The third-order valence-electron chi connectivity index (χ3n) is 4.86. The van der Waals surface area contributed by atoms with Crippen LogP contribution in [0.15, 0.2) is 71.7 Å². The Morgan fingerprint density at radius 3 is 2.93 bits per heavy atom. The minimum absolute atomic E-state index is 0.0309. The van der Waals surface area contributed by atoms with E-state index in [9.17, 15) is 4.79 Å². The van der Waals surface area contributed by atoms with Crippen molar-refractivity contribution in [2.24, 2.45) is 0 Å². The average molecular weight is 374 g/mol. The van der Waals surface area contributed by atoms with Gasteiger partial charge in [-0.1, -0.05) is 36.4 Å². The minimum Gasteiger partial charge on any atom is -0.444 e. The first-order chi connectivity index (χ1) is 13.7. The number of oxazole rings is 1. The van der Waals surface area contributed by atoms with Crippen LogP contribution in [0.25, 0.3) is 22.2 Å². The fraction of sp³-hybridized carbons (Fsp3) is 0.182. The van der Waals surface area contributed by atoms with Crippen LogP contribution < -0.4 is 10.6 Å². The number of carbonyl (C=O) groups excluding carboxylic acids is 1. The summed E-state index contributed by atoms with van der Waals surface area (Å²) in [5.41, 5.74) is 4.23. The summed E-state index contributed by atoms with van der Waals surface area (Å²) in [5.74, 6) is 0.695. The first-order valence-electron chi connectivity index (χ1n) is 9.22. The highest BCUT2D eigenvalue weighted by molar-refractivity contribution is 5.86. The lowest BCUT2D eigenvalue weighted by molar-refractivity contribution is -0.122. The summed E-state index contributed by atoms with van der Waals surface area (Å²) in [4.78, 5) is 19.7. The summed E-state index contributed by atoms with van der Waals surface area (Å²) in [6, 6.07) is 15.8. The van der Waals surface area contributed by atoms with Crippen molar-refractivity contribution in [1.29, 1.82) is 0 Å². The molecule has 2 aromatic carbocycles. The number of H-pyrrole nitrogens is 1. The van der Waals surface area contributed by atoms with Crippen molar-refractivity contribution in [3.8, 4) is 11.3 Å². The number of likely N-dealkylation sites (N-methyl/N-ethyl adjacent to an activating group) is 1. The number of para-hydroxylation sites is 1. The molecule has 0 saturated heterocycles. The zero-order chi connectivity index (χ0) is 19.3. The Morgan fingerprint density at radius 1 is 1.21 bits per heavy atom. The standard InChI is InChI=1S/C22H22N4O2/c1-23-22(27)20(10-17-12-26-19-8-3-2-7-18(17)19)25-11-15-5-4-6-16(9-15)21-13-24-14-28-21/h2-9,12-14,20,25-26H,10-11H2,1H3,(H,23,27)/t20-/m0/s1. The van der Waals surface area contributed by atoms with Gasteiger partial charge in [0.2, 0.25) is 5.91 Å². The topological polar surface area (TPSA) is 83.0 Å². The Balaban J connectivity index is 1.50. The molecule has 0 fully saturated rings. The number of nitrogens with zero attached hydrogens (tertiary/aromatic N) is 1. The molecule has 0 unspecified atom stereocenters. The Bertz CT molecular complexity index is 1070. The second kappa shape index (κ2) is 8.10. The van der Waals surface area contributed by atoms with E-state index < -0.39 is 0 Å². The summed E-state index contributed by atoms with van der Waals surface area (Å²) in [6.45, 7) is 0.572. The van der Waals surface area contributed by atoms with Crippen LogP contribution in [-0.2, 0) is 17.8 Å². The van der Waals surface area contributed by atoms with E-state index in [1.807, 2.05) is 48.7 Å². The zero-order valence-corrected chi connectivity index (χ0v) is 15.6. The smallest absolute Gasteiger partial charge is 0.237 e. The van der Waals surface area contributed by atoms with Gasteiger partial charge in [0.15, 0.2) is 12.2 Å². The van der Waals surface area contributed by atoms with Crippen LogP contribution in [0.3, 0.4) is 0 Å². The molecule has 1 atom stereocenters. The van der Waals surface area contributed by atoms with E-state index in [0.29, 0.717) is 13.0 Å². The van der Waals surface area contributed by atoms with Crippen molar-refractivity contribution in [2.75, 3.05) is 7.05 Å². The van der Waals surface area contributed by atoms with Gasteiger partial charge in [-0.15, -0.1) is 0 Å². The van der Waals surface area contributed by atoms with Crippen LogP contribution in [0, 0.1) is 0 Å². The maximum atomic E-state index is 12.4. The Morgan fingerprint density at radius 2 is 2.11 bits per heavy atom. The molecule has 0 aliphatic carbocycles. The summed E-state index contributed by atoms with van der Waals surface area (Å²) in [6.07, 6.45) is 5.69. The molecule has 28 heavy (non-hydrogen) atoms. The quantitative estimate of drug-likeness (QED) is 0.464. The number of rotatable bonds is 7. The first-order valence-corrected chi connectivity index (χ1v) is 9.22. The highest BCUT2D eigenvalue weighted by atomic mass is 16.3. The summed E-state index contributed by atoms with van der Waals surface area (Å²) in [5, 5.41) is 7.29. The second-order valence-corrected chi connectivity index (χ2v) is 6.68. The van der Waals surface area contributed by atoms with Gasteiger partial charge in [0.1, 0.15) is 0 Å². The molecule has 3 N–H and O–H groups in total. The van der Waals surface area contributed by atoms with E-state index in [2.05, 4.69) is 26.7 Å². The molecule has 0 radical (unpaired) electrons. The number of amides is 1. The lowest BCUT2D eigenvalue weighted by atomic mass is 10.0. The van der Waals surface area contributed by atoms with E-state index >= 15 is 0 Å². The van der Waals surface area contributed by atoms with Crippen LogP contribution in [0.2, 0.25) is 0 Å². The molecule has 0 saturated carbocycles. The van der Waals surface area contributed by atoms with Gasteiger partial charge < -0.3 is 20.0 Å². The van der Waals surface area contributed by atoms with E-state index in [-0.39, 0.29) is 11.9 Å². The number of benzene rings is 2. The number of hydrogen-bond donors (Lipinski definition) is 3. The monoisotopic (exact) mass is 374 g/mol. The van der Waals surface area contributed by atoms with Gasteiger partial charge in [-0.2, -0.15) is 0 Å². The number of carbonyl (C=O) groups is 1. The van der Waals surface area contributed by atoms with E-state index in [1.165, 1.54) is 6.39 Å². The molecule has 6 nitrogen and oxygen atoms in total. The van der Waals surface area contributed by atoms with Crippen molar-refractivity contribution in [2.45, 2.75) is 19.0 Å². The van der Waals surface area contributed by atoms with E-state index in [1.54, 1.807) is 13.2 Å². The average Bonchev–Trinajstić information content (AvgIpc) is 3.41. The molecular weight excluding hydrogens is 352 g/mol. The molecular formula is C22H22N4O2. The third kappa shape index (κ3) is 3.82. The summed E-state index contributed by atoms with van der Waals surface area (Å²) >= 11 is 0. The van der Waals surface area contributed by atoms with Gasteiger partial charge in [-0.3, -0.25) is 4.79 Å². The lowest BCUT2D eigenvalue weighted by Crippen LogP contribution is -2.44. The van der Waals surface area contributed by atoms with Gasteiger partial charge in [0.05, 0.1) is 12.2 Å². The van der Waals surface area contributed by atoms with Gasteiger partial charge in [-0.25, -0.2) is 4.98 Å². The maximum Gasteiger partial charge on any atom is 0.237 e. The largest absolute Gasteiger partial charge is 0.444 e. The predicted octanol–water partition coefficient (Wildman–Crippen LogP) is 3.27. The van der Waals surface area contributed by atoms with Gasteiger partial charge in [-0.05, 0) is 29.7 Å². The van der Waals surface area contributed by atoms with Crippen molar-refractivity contribution in [1.82, 2.24) is 20.6 Å². The lowest BCUT2D eigenvalue weighted by Gasteiger charge is -2.17. The zero-order valence-electron chi connectivity index (χ0n) is 15.6. The Kier molecular flexibility index (Phi) is 5.21. The highest BCUT2D eigenvalue weighted by Gasteiger charge is 2.19. The maximum absolute atomic E-state index is 12.4. The van der Waals surface area contributed by atoms with Crippen LogP contribution in [0.1, 0.15) is 11.1 Å². The molecule has 6 heteroatoms. The number of nitrogens with one attached hydrogen (secondary N) is 3. The van der Waals surface area contributed by atoms with Crippen LogP contribution in [0.4, 0.5) is 0 Å². The molecule has 0 aliphatic rings. The molecule has 2 aromatic heterocycles. The molecule has 4 aromatic rings. The summed E-state index contributed by atoms with van der Waals surface area (Å²) < 4.78 is 5.37. The fourth-order valence-corrected chi connectivity index (χ4v) is 3.39. The number of hydrogen-bond acceptors (Lipinski definition) is 4. The molecule has 4 rings (SSSR count). The van der Waals surface area contributed by atoms with Gasteiger partial charge >= 0.3 is 0 Å². The van der Waals surface area contributed by atoms with E-state index in [4.69, 9.17) is 4.42 Å². The number of fused-ring (bicyclic) bond motifs is 1. The van der Waals surface area contributed by atoms with Crippen LogP contribution >= 0.6 is 0 Å². The SMILES string of the molecule is CNC(=O)[C@H](Cc1c[nH]c2ccccc12)NCc1cccc(-c2cnco2)c1. The molecule has 2 heterocycles. The van der Waals surface area contributed by atoms with E-state index in [0.717, 1.165) is 33.4 Å². The Labute approximate surface area is 163 Å². The molecule has 142 valence electrons. The molecule has 0 aliphatic heterocycles. The van der Waals surface area contributed by atoms with Gasteiger partial charge in [0.25, 0.3) is 0 Å². The fourth-order valence-electron chi connectivity index (χ4n) is 3.39. The predicted molar refractivity (Wildman–Crippen MR) is 109 cm³/mol. The van der Waals surface area contributed by atoms with Crippen molar-refractivity contribution >= 4 is 16.8 Å². The van der Waals surface area contributed by atoms with Crippen LogP contribution in [-0.4, -0.2) is 29.0 Å². The van der Waals surface area contributed by atoms with Crippen molar-refractivity contribution < 1.29 is 9.21 Å². The van der Waals surface area contributed by atoms with Gasteiger partial charge in [0, 0.05) is 36.3 Å².